The number of benzene rings is 3. The first-order chi connectivity index (χ1) is 18.0. The molecule has 1 unspecified atom stereocenters. The molecule has 1 atom stereocenters. The topological polar surface area (TPSA) is 64.4 Å². The molecule has 6 heteroatoms. The van der Waals surface area contributed by atoms with Crippen LogP contribution in [0.2, 0.25) is 0 Å². The number of hydrogen-bond acceptors (Lipinski definition) is 4. The van der Waals surface area contributed by atoms with Crippen LogP contribution in [0.1, 0.15) is 49.2 Å². The fourth-order valence-corrected chi connectivity index (χ4v) is 5.01. The van der Waals surface area contributed by atoms with Gasteiger partial charge in [-0.3, -0.25) is 14.2 Å². The number of fused-ring (bicyclic) bond motifs is 1. The molecule has 4 aromatic rings. The minimum absolute atomic E-state index is 0.00114. The van der Waals surface area contributed by atoms with Gasteiger partial charge < -0.3 is 9.64 Å². The van der Waals surface area contributed by atoms with E-state index >= 15 is 0 Å². The number of rotatable bonds is 10. The first-order valence-electron chi connectivity index (χ1n) is 13.0. The van der Waals surface area contributed by atoms with Gasteiger partial charge in [0.15, 0.2) is 0 Å². The molecule has 6 nitrogen and oxygen atoms in total. The Kier molecular flexibility index (Phi) is 7.35. The van der Waals surface area contributed by atoms with Gasteiger partial charge in [-0.1, -0.05) is 60.7 Å². The lowest BCUT2D eigenvalue weighted by Gasteiger charge is -2.30. The number of para-hydroxylation sites is 2. The van der Waals surface area contributed by atoms with Gasteiger partial charge in [0.2, 0.25) is 5.91 Å². The molecule has 37 heavy (non-hydrogen) atoms. The second-order valence-electron chi connectivity index (χ2n) is 9.82. The third-order valence-electron chi connectivity index (χ3n) is 7.11. The molecule has 5 rings (SSSR count). The normalized spacial score (nSPS) is 13.9. The molecule has 1 heterocycles. The fraction of sp³-hybridized carbons (Fsp3) is 0.323. The second-order valence-corrected chi connectivity index (χ2v) is 9.82. The Morgan fingerprint density at radius 3 is 2.49 bits per heavy atom. The highest BCUT2D eigenvalue weighted by molar-refractivity contribution is 5.78. The van der Waals surface area contributed by atoms with Crippen LogP contribution in [0.4, 0.5) is 0 Å². The summed E-state index contributed by atoms with van der Waals surface area (Å²) in [5, 5.41) is 0.639. The quantitative estimate of drug-likeness (QED) is 0.298. The zero-order valence-corrected chi connectivity index (χ0v) is 21.5. The smallest absolute Gasteiger partial charge is 0.261 e. The molecule has 1 fully saturated rings. The van der Waals surface area contributed by atoms with Crippen molar-refractivity contribution in [2.45, 2.75) is 57.7 Å². The van der Waals surface area contributed by atoms with Crippen LogP contribution in [-0.4, -0.2) is 33.5 Å². The van der Waals surface area contributed by atoms with Crippen molar-refractivity contribution in [1.29, 1.82) is 0 Å². The first-order valence-corrected chi connectivity index (χ1v) is 13.0. The molecule has 1 aromatic heterocycles. The first kappa shape index (κ1) is 24.8. The minimum Gasteiger partial charge on any atom is -0.496 e. The highest BCUT2D eigenvalue weighted by Crippen LogP contribution is 2.35. The molecular weight excluding hydrogens is 462 g/mol. The van der Waals surface area contributed by atoms with Gasteiger partial charge in [-0.15, -0.1) is 0 Å². The summed E-state index contributed by atoms with van der Waals surface area (Å²) in [6.07, 6.45) is 3.38. The summed E-state index contributed by atoms with van der Waals surface area (Å²) in [5.41, 5.74) is 2.85. The molecule has 190 valence electrons. The van der Waals surface area contributed by atoms with Crippen molar-refractivity contribution in [1.82, 2.24) is 14.5 Å². The summed E-state index contributed by atoms with van der Waals surface area (Å²) in [5.74, 6) is 1.59. The number of aryl methyl sites for hydroxylation is 1. The van der Waals surface area contributed by atoms with E-state index < -0.39 is 0 Å². The number of nitrogens with zero attached hydrogens (tertiary/aromatic N) is 3. The van der Waals surface area contributed by atoms with Crippen LogP contribution in [0.15, 0.2) is 83.7 Å². The van der Waals surface area contributed by atoms with Gasteiger partial charge in [0.05, 0.1) is 18.0 Å². The van der Waals surface area contributed by atoms with Gasteiger partial charge in [0, 0.05) is 31.5 Å². The van der Waals surface area contributed by atoms with Crippen LogP contribution in [0.25, 0.3) is 10.9 Å². The van der Waals surface area contributed by atoms with Crippen LogP contribution in [0, 0.1) is 0 Å². The van der Waals surface area contributed by atoms with E-state index in [9.17, 15) is 9.59 Å². The Labute approximate surface area is 217 Å². The number of amides is 1. The van der Waals surface area contributed by atoms with E-state index in [1.165, 1.54) is 0 Å². The molecular formula is C31H33N3O3. The van der Waals surface area contributed by atoms with Crippen LogP contribution >= 0.6 is 0 Å². The predicted molar refractivity (Wildman–Crippen MR) is 146 cm³/mol. The predicted octanol–water partition coefficient (Wildman–Crippen LogP) is 5.33. The van der Waals surface area contributed by atoms with E-state index in [2.05, 4.69) is 6.92 Å². The van der Waals surface area contributed by atoms with E-state index in [-0.39, 0.29) is 23.6 Å². The highest BCUT2D eigenvalue weighted by atomic mass is 16.5. The van der Waals surface area contributed by atoms with Crippen LogP contribution < -0.4 is 10.3 Å². The molecule has 1 aliphatic rings. The lowest BCUT2D eigenvalue weighted by molar-refractivity contribution is -0.133. The van der Waals surface area contributed by atoms with Gasteiger partial charge in [-0.05, 0) is 55.5 Å². The maximum Gasteiger partial charge on any atom is 0.261 e. The van der Waals surface area contributed by atoms with E-state index in [1.54, 1.807) is 7.11 Å². The SMILES string of the molecule is COc1ccccc1CC(C)N(Cc1ccccc1)C(=O)CCc1nc2ccccc2c(=O)n1C1CC1. The van der Waals surface area contributed by atoms with E-state index in [1.807, 2.05) is 88.3 Å². The summed E-state index contributed by atoms with van der Waals surface area (Å²) >= 11 is 0. The molecule has 0 bridgehead atoms. The molecule has 1 saturated carbocycles. The van der Waals surface area contributed by atoms with Crippen molar-refractivity contribution < 1.29 is 9.53 Å². The van der Waals surface area contributed by atoms with Gasteiger partial charge >= 0.3 is 0 Å². The monoisotopic (exact) mass is 495 g/mol. The Bertz CT molecular complexity index is 1440. The summed E-state index contributed by atoms with van der Waals surface area (Å²) in [6, 6.07) is 25.6. The zero-order chi connectivity index (χ0) is 25.8. The van der Waals surface area contributed by atoms with Crippen LogP contribution in [0.3, 0.4) is 0 Å². The summed E-state index contributed by atoms with van der Waals surface area (Å²) < 4.78 is 7.38. The van der Waals surface area contributed by atoms with E-state index in [4.69, 9.17) is 9.72 Å². The third-order valence-corrected chi connectivity index (χ3v) is 7.11. The zero-order valence-electron chi connectivity index (χ0n) is 21.5. The van der Waals surface area contributed by atoms with E-state index in [0.717, 1.165) is 29.7 Å². The maximum absolute atomic E-state index is 13.7. The van der Waals surface area contributed by atoms with Crippen LogP contribution in [0.5, 0.6) is 5.75 Å². The van der Waals surface area contributed by atoms with Crippen molar-refractivity contribution in [2.24, 2.45) is 0 Å². The van der Waals surface area contributed by atoms with Gasteiger partial charge in [-0.2, -0.15) is 0 Å². The number of aromatic nitrogens is 2. The van der Waals surface area contributed by atoms with Crippen molar-refractivity contribution >= 4 is 16.8 Å². The Balaban J connectivity index is 1.39. The van der Waals surface area contributed by atoms with Gasteiger partial charge in [-0.25, -0.2) is 4.98 Å². The van der Waals surface area contributed by atoms with E-state index in [0.29, 0.717) is 42.5 Å². The fourth-order valence-electron chi connectivity index (χ4n) is 5.01. The minimum atomic E-state index is -0.0424. The Morgan fingerprint density at radius 2 is 1.73 bits per heavy atom. The summed E-state index contributed by atoms with van der Waals surface area (Å²) in [6.45, 7) is 2.61. The van der Waals surface area contributed by atoms with Crippen molar-refractivity contribution in [3.63, 3.8) is 0 Å². The Morgan fingerprint density at radius 1 is 1.03 bits per heavy atom. The lowest BCUT2D eigenvalue weighted by atomic mass is 10.0. The molecule has 1 aliphatic carbocycles. The summed E-state index contributed by atoms with van der Waals surface area (Å²) in [4.78, 5) is 33.7. The van der Waals surface area contributed by atoms with Crippen molar-refractivity contribution in [3.05, 3.63) is 106 Å². The second kappa shape index (κ2) is 11.0. The largest absolute Gasteiger partial charge is 0.496 e. The third kappa shape index (κ3) is 5.58. The lowest BCUT2D eigenvalue weighted by Crippen LogP contribution is -2.39. The molecule has 3 aromatic carbocycles. The average Bonchev–Trinajstić information content (AvgIpc) is 3.76. The average molecular weight is 496 g/mol. The molecule has 0 N–H and O–H groups in total. The van der Waals surface area contributed by atoms with Crippen molar-refractivity contribution in [3.8, 4) is 5.75 Å². The molecule has 0 spiro atoms. The standard InChI is InChI=1S/C31H33N3O3/c1-22(20-24-12-6-9-15-28(24)37-2)33(21-23-10-4-3-5-11-23)30(35)19-18-29-32-27-14-8-7-13-26(27)31(36)34(29)25-16-17-25/h3-15,22,25H,16-21H2,1-2H3. The van der Waals surface area contributed by atoms with Crippen molar-refractivity contribution in [2.75, 3.05) is 7.11 Å². The number of methoxy groups -OCH3 is 1. The van der Waals surface area contributed by atoms with Gasteiger partial charge in [0.1, 0.15) is 11.6 Å². The summed E-state index contributed by atoms with van der Waals surface area (Å²) in [7, 11) is 1.67. The number of carbonyl (C=O) groups excluding carboxylic acids is 1. The van der Waals surface area contributed by atoms with Gasteiger partial charge in [0.25, 0.3) is 5.56 Å². The number of hydrogen-bond donors (Lipinski definition) is 0. The Hall–Kier alpha value is -3.93. The molecule has 1 amide bonds. The molecule has 0 radical (unpaired) electrons. The molecule has 0 aliphatic heterocycles. The number of carbonyl (C=O) groups is 1. The number of ether oxygens (including phenoxy) is 1. The maximum atomic E-state index is 13.7. The van der Waals surface area contributed by atoms with Crippen LogP contribution in [-0.2, 0) is 24.2 Å². The molecule has 0 saturated heterocycles. The highest BCUT2D eigenvalue weighted by Gasteiger charge is 2.29.